The van der Waals surface area contributed by atoms with E-state index in [2.05, 4.69) is 15.3 Å². The highest BCUT2D eigenvalue weighted by molar-refractivity contribution is 6.34. The van der Waals surface area contributed by atoms with Crippen molar-refractivity contribution in [3.8, 4) is 0 Å². The molecule has 0 unspecified atom stereocenters. The Balaban J connectivity index is 2.18. The zero-order valence-electron chi connectivity index (χ0n) is 10.3. The van der Waals surface area contributed by atoms with Gasteiger partial charge in [0.15, 0.2) is 0 Å². The Morgan fingerprint density at radius 2 is 1.95 bits per heavy atom. The first-order valence-electron chi connectivity index (χ1n) is 5.53. The Hall–Kier alpha value is -2.35. The first-order valence-corrected chi connectivity index (χ1v) is 5.91. The fourth-order valence-electron chi connectivity index (χ4n) is 1.46. The van der Waals surface area contributed by atoms with E-state index in [0.29, 0.717) is 0 Å². The van der Waals surface area contributed by atoms with Gasteiger partial charge in [-0.05, 0) is 18.2 Å². The number of hydrogen-bond acceptors (Lipinski definition) is 4. The summed E-state index contributed by atoms with van der Waals surface area (Å²) < 4.78 is 37.1. The number of nitrogens with two attached hydrogens (primary N) is 1. The second-order valence-electron chi connectivity index (χ2n) is 3.97. The molecule has 21 heavy (non-hydrogen) atoms. The lowest BCUT2D eigenvalue weighted by Gasteiger charge is -2.09. The molecule has 0 atom stereocenters. The van der Waals surface area contributed by atoms with Crippen LogP contribution in [0.5, 0.6) is 0 Å². The van der Waals surface area contributed by atoms with E-state index >= 15 is 0 Å². The molecule has 0 fully saturated rings. The summed E-state index contributed by atoms with van der Waals surface area (Å²) in [6.45, 7) is 0. The van der Waals surface area contributed by atoms with E-state index in [4.69, 9.17) is 17.3 Å². The van der Waals surface area contributed by atoms with Crippen molar-refractivity contribution in [2.45, 2.75) is 6.18 Å². The Labute approximate surface area is 122 Å². The van der Waals surface area contributed by atoms with Crippen LogP contribution in [0.25, 0.3) is 0 Å². The third-order valence-electron chi connectivity index (χ3n) is 2.43. The van der Waals surface area contributed by atoms with Gasteiger partial charge < -0.3 is 11.1 Å². The van der Waals surface area contributed by atoms with Gasteiger partial charge in [-0.25, -0.2) is 9.97 Å². The molecule has 0 spiro atoms. The van der Waals surface area contributed by atoms with Gasteiger partial charge >= 0.3 is 6.18 Å². The zero-order valence-corrected chi connectivity index (χ0v) is 11.0. The van der Waals surface area contributed by atoms with Crippen LogP contribution in [0.1, 0.15) is 16.1 Å². The summed E-state index contributed by atoms with van der Waals surface area (Å²) in [7, 11) is 0. The van der Waals surface area contributed by atoms with Gasteiger partial charge in [-0.3, -0.25) is 4.79 Å². The monoisotopic (exact) mass is 316 g/mol. The van der Waals surface area contributed by atoms with Crippen molar-refractivity contribution in [1.82, 2.24) is 9.97 Å². The Morgan fingerprint density at radius 1 is 1.24 bits per heavy atom. The number of pyridine rings is 2. The number of nitrogen functional groups attached to an aromatic ring is 1. The quantitative estimate of drug-likeness (QED) is 0.892. The van der Waals surface area contributed by atoms with Crippen molar-refractivity contribution >= 4 is 29.0 Å². The van der Waals surface area contributed by atoms with Crippen molar-refractivity contribution in [3.63, 3.8) is 0 Å². The lowest BCUT2D eigenvalue weighted by atomic mass is 10.2. The summed E-state index contributed by atoms with van der Waals surface area (Å²) >= 11 is 5.80. The average Bonchev–Trinajstić information content (AvgIpc) is 2.41. The summed E-state index contributed by atoms with van der Waals surface area (Å²) in [6, 6.07) is 3.11. The van der Waals surface area contributed by atoms with Crippen LogP contribution in [0.2, 0.25) is 5.02 Å². The first-order chi connectivity index (χ1) is 9.77. The van der Waals surface area contributed by atoms with Crippen molar-refractivity contribution in [2.24, 2.45) is 0 Å². The molecule has 2 rings (SSSR count). The fourth-order valence-corrected chi connectivity index (χ4v) is 1.65. The van der Waals surface area contributed by atoms with Crippen LogP contribution < -0.4 is 11.1 Å². The van der Waals surface area contributed by atoms with E-state index in [1.54, 1.807) is 0 Å². The lowest BCUT2D eigenvalue weighted by molar-refractivity contribution is -0.141. The SMILES string of the molecule is Nc1cc(C(=O)Nc2ccc(C(F)(F)F)nc2)c(Cl)cn1. The predicted molar refractivity (Wildman–Crippen MR) is 70.9 cm³/mol. The van der Waals surface area contributed by atoms with Crippen molar-refractivity contribution in [1.29, 1.82) is 0 Å². The Morgan fingerprint density at radius 3 is 2.52 bits per heavy atom. The number of hydrogen-bond donors (Lipinski definition) is 2. The van der Waals surface area contributed by atoms with Gasteiger partial charge in [0.05, 0.1) is 22.5 Å². The number of alkyl halides is 3. The molecule has 0 radical (unpaired) electrons. The average molecular weight is 317 g/mol. The minimum atomic E-state index is -4.54. The number of carbonyl (C=O) groups is 1. The molecule has 0 aliphatic carbocycles. The summed E-state index contributed by atoms with van der Waals surface area (Å²) in [5.74, 6) is -0.536. The third-order valence-corrected chi connectivity index (χ3v) is 2.73. The number of halogens is 4. The van der Waals surface area contributed by atoms with Crippen LogP contribution in [-0.2, 0) is 6.18 Å². The normalized spacial score (nSPS) is 11.2. The number of nitrogens with zero attached hydrogens (tertiary/aromatic N) is 2. The molecule has 110 valence electrons. The van der Waals surface area contributed by atoms with E-state index < -0.39 is 17.8 Å². The summed E-state index contributed by atoms with van der Waals surface area (Å²) in [4.78, 5) is 18.9. The van der Waals surface area contributed by atoms with Gasteiger partial charge in [-0.15, -0.1) is 0 Å². The number of amides is 1. The lowest BCUT2D eigenvalue weighted by Crippen LogP contribution is -2.14. The van der Waals surface area contributed by atoms with E-state index in [0.717, 1.165) is 18.3 Å². The predicted octanol–water partition coefficient (Wildman–Crippen LogP) is 2.98. The van der Waals surface area contributed by atoms with Gasteiger partial charge in [0, 0.05) is 6.20 Å². The van der Waals surface area contributed by atoms with Gasteiger partial charge in [0.2, 0.25) is 0 Å². The van der Waals surface area contributed by atoms with Crippen LogP contribution in [0.4, 0.5) is 24.7 Å². The maximum absolute atomic E-state index is 12.4. The van der Waals surface area contributed by atoms with E-state index in [1.807, 2.05) is 0 Å². The molecule has 2 aromatic rings. The minimum absolute atomic E-state index is 0.0593. The van der Waals surface area contributed by atoms with Crippen LogP contribution in [0.3, 0.4) is 0 Å². The van der Waals surface area contributed by atoms with E-state index in [-0.39, 0.29) is 22.1 Å². The number of nitrogens with one attached hydrogen (secondary N) is 1. The van der Waals surface area contributed by atoms with Gasteiger partial charge in [-0.2, -0.15) is 13.2 Å². The highest BCUT2D eigenvalue weighted by atomic mass is 35.5. The molecule has 0 aliphatic rings. The van der Waals surface area contributed by atoms with Crippen molar-refractivity contribution in [2.75, 3.05) is 11.1 Å². The molecular formula is C12H8ClF3N4O. The van der Waals surface area contributed by atoms with Crippen molar-refractivity contribution in [3.05, 3.63) is 46.9 Å². The third kappa shape index (κ3) is 3.60. The standard InChI is InChI=1S/C12H8ClF3N4O/c13-8-5-19-10(17)3-7(8)11(21)20-6-1-2-9(18-4-6)12(14,15)16/h1-5H,(H2,17,19)(H,20,21). The van der Waals surface area contributed by atoms with Crippen LogP contribution in [0, 0.1) is 0 Å². The molecule has 9 heteroatoms. The molecule has 2 heterocycles. The van der Waals surface area contributed by atoms with E-state index in [1.165, 1.54) is 12.3 Å². The van der Waals surface area contributed by atoms with Crippen LogP contribution in [-0.4, -0.2) is 15.9 Å². The topological polar surface area (TPSA) is 80.9 Å². The van der Waals surface area contributed by atoms with Crippen molar-refractivity contribution < 1.29 is 18.0 Å². The number of rotatable bonds is 2. The Bertz CT molecular complexity index is 673. The molecule has 3 N–H and O–H groups in total. The number of anilines is 2. The number of aromatic nitrogens is 2. The zero-order chi connectivity index (χ0) is 15.6. The molecule has 1 amide bonds. The maximum atomic E-state index is 12.4. The smallest absolute Gasteiger partial charge is 0.384 e. The van der Waals surface area contributed by atoms with Crippen LogP contribution in [0.15, 0.2) is 30.6 Å². The fraction of sp³-hybridized carbons (Fsp3) is 0.0833. The highest BCUT2D eigenvalue weighted by Gasteiger charge is 2.32. The van der Waals surface area contributed by atoms with E-state index in [9.17, 15) is 18.0 Å². The first kappa shape index (κ1) is 15.0. The summed E-state index contributed by atoms with van der Waals surface area (Å²) in [5.41, 5.74) is 4.55. The van der Waals surface area contributed by atoms with Gasteiger partial charge in [-0.1, -0.05) is 11.6 Å². The minimum Gasteiger partial charge on any atom is -0.384 e. The summed E-state index contributed by atoms with van der Waals surface area (Å²) in [5, 5.41) is 2.44. The largest absolute Gasteiger partial charge is 0.433 e. The van der Waals surface area contributed by atoms with Crippen LogP contribution >= 0.6 is 11.6 Å². The second kappa shape index (κ2) is 5.57. The molecule has 0 saturated heterocycles. The maximum Gasteiger partial charge on any atom is 0.433 e. The molecule has 2 aromatic heterocycles. The molecule has 0 bridgehead atoms. The molecule has 0 aliphatic heterocycles. The Kier molecular flexibility index (Phi) is 3.99. The summed E-state index contributed by atoms with van der Waals surface area (Å²) in [6.07, 6.45) is -2.43. The molecular weight excluding hydrogens is 309 g/mol. The highest BCUT2D eigenvalue weighted by Crippen LogP contribution is 2.28. The van der Waals surface area contributed by atoms with Gasteiger partial charge in [0.25, 0.3) is 5.91 Å². The van der Waals surface area contributed by atoms with Gasteiger partial charge in [0.1, 0.15) is 11.5 Å². The molecule has 0 aromatic carbocycles. The second-order valence-corrected chi connectivity index (χ2v) is 4.38. The number of carbonyl (C=O) groups excluding carboxylic acids is 1. The molecule has 0 saturated carbocycles. The molecule has 5 nitrogen and oxygen atoms in total.